The van der Waals surface area contributed by atoms with Crippen molar-refractivity contribution in [1.29, 1.82) is 0 Å². The van der Waals surface area contributed by atoms with Crippen molar-refractivity contribution >= 4 is 22.1 Å². The second kappa shape index (κ2) is 6.74. The van der Waals surface area contributed by atoms with Crippen LogP contribution in [0.5, 0.6) is 0 Å². The van der Waals surface area contributed by atoms with E-state index < -0.39 is 0 Å². The van der Waals surface area contributed by atoms with Crippen molar-refractivity contribution in [2.24, 2.45) is 0 Å². The number of fused-ring (bicyclic) bond motifs is 2. The smallest absolute Gasteiger partial charge is 0.274 e. The highest BCUT2D eigenvalue weighted by molar-refractivity contribution is 7.15. The summed E-state index contributed by atoms with van der Waals surface area (Å²) in [6, 6.07) is 7.55. The number of imidazole rings is 1. The zero-order chi connectivity index (χ0) is 18.2. The molecule has 7 heteroatoms. The number of aromatic nitrogens is 5. The van der Waals surface area contributed by atoms with Crippen LogP contribution in [0.25, 0.3) is 21.6 Å². The van der Waals surface area contributed by atoms with Crippen molar-refractivity contribution in [2.45, 2.75) is 38.8 Å². The molecule has 3 heterocycles. The molecule has 6 nitrogen and oxygen atoms in total. The fourth-order valence-electron chi connectivity index (χ4n) is 3.62. The molecule has 0 bridgehead atoms. The summed E-state index contributed by atoms with van der Waals surface area (Å²) in [5.74, 6) is 0.878. The first-order chi connectivity index (χ1) is 13.3. The van der Waals surface area contributed by atoms with Gasteiger partial charge in [0.15, 0.2) is 10.8 Å². The summed E-state index contributed by atoms with van der Waals surface area (Å²) in [6.45, 7) is 1.13. The predicted molar refractivity (Wildman–Crippen MR) is 106 cm³/mol. The minimum atomic E-state index is -0.0560. The van der Waals surface area contributed by atoms with Gasteiger partial charge >= 0.3 is 0 Å². The van der Waals surface area contributed by atoms with Gasteiger partial charge < -0.3 is 4.57 Å². The minimum Gasteiger partial charge on any atom is -0.327 e. The zero-order valence-corrected chi connectivity index (χ0v) is 15.7. The maximum absolute atomic E-state index is 12.6. The summed E-state index contributed by atoms with van der Waals surface area (Å²) in [5.41, 5.74) is 1.18. The molecule has 1 aromatic carbocycles. The van der Waals surface area contributed by atoms with Gasteiger partial charge in [-0.05, 0) is 31.7 Å². The molecule has 5 rings (SSSR count). The number of rotatable bonds is 4. The molecule has 0 N–H and O–H groups in total. The van der Waals surface area contributed by atoms with Gasteiger partial charge in [0.2, 0.25) is 0 Å². The molecule has 27 heavy (non-hydrogen) atoms. The molecule has 0 unspecified atom stereocenters. The summed E-state index contributed by atoms with van der Waals surface area (Å²) in [4.78, 5) is 23.4. The van der Waals surface area contributed by atoms with E-state index in [0.717, 1.165) is 29.1 Å². The van der Waals surface area contributed by atoms with Crippen molar-refractivity contribution < 1.29 is 0 Å². The molecular weight excluding hydrogens is 358 g/mol. The fraction of sp³-hybridized carbons (Fsp3) is 0.300. The minimum absolute atomic E-state index is 0.0560. The molecule has 0 spiro atoms. The lowest BCUT2D eigenvalue weighted by Gasteiger charge is -2.08. The van der Waals surface area contributed by atoms with E-state index >= 15 is 0 Å². The summed E-state index contributed by atoms with van der Waals surface area (Å²) < 4.78 is 3.59. The fourth-order valence-corrected chi connectivity index (χ4v) is 4.79. The first-order valence-corrected chi connectivity index (χ1v) is 10.1. The third-order valence-corrected chi connectivity index (χ3v) is 6.22. The van der Waals surface area contributed by atoms with Crippen LogP contribution in [-0.2, 0) is 25.9 Å². The molecular formula is C20H19N5OS. The molecule has 0 aliphatic heterocycles. The van der Waals surface area contributed by atoms with Gasteiger partial charge in [-0.3, -0.25) is 4.79 Å². The number of benzene rings is 1. The number of thiazole rings is 1. The Balaban J connectivity index is 1.42. The molecule has 0 saturated carbocycles. The Morgan fingerprint density at radius 1 is 1.11 bits per heavy atom. The van der Waals surface area contributed by atoms with Crippen LogP contribution in [-0.4, -0.2) is 24.3 Å². The quantitative estimate of drug-likeness (QED) is 0.547. The van der Waals surface area contributed by atoms with Crippen molar-refractivity contribution in [3.8, 4) is 10.8 Å². The number of nitrogens with zero attached hydrogens (tertiary/aromatic N) is 5. The molecule has 0 radical (unpaired) electrons. The Kier molecular flexibility index (Phi) is 4.09. The maximum atomic E-state index is 12.6. The lowest BCUT2D eigenvalue weighted by Crippen LogP contribution is -2.24. The molecule has 4 aromatic rings. The lowest BCUT2D eigenvalue weighted by molar-refractivity contribution is 0.516. The third-order valence-electron chi connectivity index (χ3n) is 5.07. The first-order valence-electron chi connectivity index (χ1n) is 9.24. The Hall–Kier alpha value is -2.80. The zero-order valence-electron chi connectivity index (χ0n) is 14.8. The van der Waals surface area contributed by atoms with Crippen molar-refractivity contribution in [1.82, 2.24) is 24.3 Å². The van der Waals surface area contributed by atoms with Crippen LogP contribution in [0.2, 0.25) is 0 Å². The standard InChI is InChI=1S/C20H19N5OS/c26-20-15-6-2-1-5-14(15)13-22-25(20)12-11-24-10-9-21-18(24)19-23-16-7-3-4-8-17(16)27-19/h1-2,5-6,9-10,13H,3-4,7-8,11-12H2. The summed E-state index contributed by atoms with van der Waals surface area (Å²) in [7, 11) is 0. The van der Waals surface area contributed by atoms with Crippen LogP contribution < -0.4 is 5.56 Å². The van der Waals surface area contributed by atoms with Gasteiger partial charge in [-0.1, -0.05) is 18.2 Å². The highest BCUT2D eigenvalue weighted by atomic mass is 32.1. The average Bonchev–Trinajstić information content (AvgIpc) is 3.34. The number of hydrogen-bond donors (Lipinski definition) is 0. The van der Waals surface area contributed by atoms with Crippen LogP contribution in [0.3, 0.4) is 0 Å². The van der Waals surface area contributed by atoms with E-state index in [1.807, 2.05) is 30.5 Å². The highest BCUT2D eigenvalue weighted by Gasteiger charge is 2.18. The van der Waals surface area contributed by atoms with E-state index in [4.69, 9.17) is 4.98 Å². The van der Waals surface area contributed by atoms with Gasteiger partial charge in [-0.2, -0.15) is 5.10 Å². The molecule has 1 aliphatic carbocycles. The molecule has 136 valence electrons. The first kappa shape index (κ1) is 16.4. The van der Waals surface area contributed by atoms with E-state index in [2.05, 4.69) is 14.6 Å². The van der Waals surface area contributed by atoms with E-state index in [1.165, 1.54) is 28.1 Å². The second-order valence-corrected chi connectivity index (χ2v) is 7.88. The molecule has 0 saturated heterocycles. The Morgan fingerprint density at radius 3 is 2.93 bits per heavy atom. The van der Waals surface area contributed by atoms with Crippen LogP contribution in [0, 0.1) is 0 Å². The van der Waals surface area contributed by atoms with Gasteiger partial charge in [0.1, 0.15) is 0 Å². The van der Waals surface area contributed by atoms with E-state index in [9.17, 15) is 4.79 Å². The predicted octanol–water partition coefficient (Wildman–Crippen LogP) is 3.30. The monoisotopic (exact) mass is 377 g/mol. The second-order valence-electron chi connectivity index (χ2n) is 6.80. The number of aryl methyl sites for hydroxylation is 4. The summed E-state index contributed by atoms with van der Waals surface area (Å²) in [6.07, 6.45) is 10.2. The van der Waals surface area contributed by atoms with Gasteiger partial charge in [0.25, 0.3) is 5.56 Å². The molecule has 0 atom stereocenters. The van der Waals surface area contributed by atoms with E-state index in [1.54, 1.807) is 23.7 Å². The highest BCUT2D eigenvalue weighted by Crippen LogP contribution is 2.31. The van der Waals surface area contributed by atoms with Crippen molar-refractivity contribution in [2.75, 3.05) is 0 Å². The topological polar surface area (TPSA) is 65.6 Å². The van der Waals surface area contributed by atoms with E-state index in [0.29, 0.717) is 18.5 Å². The van der Waals surface area contributed by atoms with Gasteiger partial charge in [0.05, 0.1) is 23.8 Å². The Morgan fingerprint density at radius 2 is 2.00 bits per heavy atom. The Bertz CT molecular complexity index is 1150. The SMILES string of the molecule is O=c1c2ccccc2cnn1CCn1ccnc1-c1nc2c(s1)CCCC2. The van der Waals surface area contributed by atoms with Crippen LogP contribution >= 0.6 is 11.3 Å². The van der Waals surface area contributed by atoms with E-state index in [-0.39, 0.29) is 5.56 Å². The molecule has 0 amide bonds. The van der Waals surface area contributed by atoms with Gasteiger partial charge in [-0.25, -0.2) is 14.6 Å². The van der Waals surface area contributed by atoms with Gasteiger partial charge in [0, 0.05) is 29.2 Å². The van der Waals surface area contributed by atoms with Crippen LogP contribution in [0.1, 0.15) is 23.4 Å². The lowest BCUT2D eigenvalue weighted by atomic mass is 10.0. The van der Waals surface area contributed by atoms with Gasteiger partial charge in [-0.15, -0.1) is 11.3 Å². The third kappa shape index (κ3) is 2.98. The maximum Gasteiger partial charge on any atom is 0.274 e. The van der Waals surface area contributed by atoms with Crippen LogP contribution in [0.4, 0.5) is 0 Å². The van der Waals surface area contributed by atoms with Crippen molar-refractivity contribution in [3.63, 3.8) is 0 Å². The van der Waals surface area contributed by atoms with Crippen molar-refractivity contribution in [3.05, 3.63) is 63.8 Å². The molecule has 1 aliphatic rings. The largest absolute Gasteiger partial charge is 0.327 e. The summed E-state index contributed by atoms with van der Waals surface area (Å²) >= 11 is 1.76. The molecule has 0 fully saturated rings. The Labute approximate surface area is 160 Å². The average molecular weight is 377 g/mol. The molecule has 3 aromatic heterocycles. The normalized spacial score (nSPS) is 13.8. The van der Waals surface area contributed by atoms with Crippen LogP contribution in [0.15, 0.2) is 47.7 Å². The number of hydrogen-bond acceptors (Lipinski definition) is 5. The summed E-state index contributed by atoms with van der Waals surface area (Å²) in [5, 5.41) is 6.87.